The number of aryl methyl sites for hydroxylation is 3. The lowest BCUT2D eigenvalue weighted by molar-refractivity contribution is 0.413. The number of hydrogen-bond donors (Lipinski definition) is 0. The second-order valence-corrected chi connectivity index (χ2v) is 6.06. The first-order valence-corrected chi connectivity index (χ1v) is 7.28. The second-order valence-electron chi connectivity index (χ2n) is 4.90. The minimum absolute atomic E-state index is 0.442. The summed E-state index contributed by atoms with van der Waals surface area (Å²) >= 11 is 1.47. The molecule has 0 unspecified atom stereocenters. The van der Waals surface area contributed by atoms with Crippen molar-refractivity contribution in [2.75, 3.05) is 7.11 Å². The maximum atomic E-state index is 9.49. The van der Waals surface area contributed by atoms with Gasteiger partial charge in [0, 0.05) is 5.56 Å². The molecular weight excluding hydrogens is 284 g/mol. The highest BCUT2D eigenvalue weighted by Gasteiger charge is 2.21. The zero-order valence-corrected chi connectivity index (χ0v) is 13.1. The van der Waals surface area contributed by atoms with Crippen LogP contribution in [0, 0.1) is 32.1 Å². The predicted octanol–water partition coefficient (Wildman–Crippen LogP) is 3.26. The highest BCUT2D eigenvalue weighted by molar-refractivity contribution is 7.16. The summed E-state index contributed by atoms with van der Waals surface area (Å²) in [5, 5.41) is 14.7. The average molecular weight is 298 g/mol. The van der Waals surface area contributed by atoms with E-state index in [4.69, 9.17) is 4.74 Å². The molecule has 0 aliphatic heterocycles. The average Bonchev–Trinajstić information content (AvgIpc) is 2.93. The molecule has 0 saturated carbocycles. The molecule has 2 heterocycles. The number of rotatable bonds is 2. The Hall–Kier alpha value is -2.39. The minimum Gasteiger partial charge on any atom is -0.496 e. The van der Waals surface area contributed by atoms with E-state index in [1.807, 2.05) is 26.8 Å². The van der Waals surface area contributed by atoms with Gasteiger partial charge in [-0.2, -0.15) is 14.9 Å². The van der Waals surface area contributed by atoms with Crippen LogP contribution in [0.2, 0.25) is 0 Å². The monoisotopic (exact) mass is 298 g/mol. The van der Waals surface area contributed by atoms with Crippen LogP contribution in [0.4, 0.5) is 0 Å². The second kappa shape index (κ2) is 4.86. The van der Waals surface area contributed by atoms with E-state index >= 15 is 0 Å². The van der Waals surface area contributed by atoms with Gasteiger partial charge in [0.15, 0.2) is 5.69 Å². The number of fused-ring (bicyclic) bond motifs is 1. The van der Waals surface area contributed by atoms with Crippen molar-refractivity contribution in [3.05, 3.63) is 34.0 Å². The van der Waals surface area contributed by atoms with Crippen LogP contribution in [0.15, 0.2) is 12.1 Å². The van der Waals surface area contributed by atoms with Gasteiger partial charge in [0.2, 0.25) is 4.96 Å². The third-order valence-electron chi connectivity index (χ3n) is 3.29. The molecule has 3 rings (SSSR count). The molecule has 0 radical (unpaired) electrons. The summed E-state index contributed by atoms with van der Waals surface area (Å²) in [6.45, 7) is 5.91. The summed E-state index contributed by atoms with van der Waals surface area (Å²) < 4.78 is 7.11. The van der Waals surface area contributed by atoms with Gasteiger partial charge < -0.3 is 4.74 Å². The molecule has 2 aromatic heterocycles. The molecule has 0 atom stereocenters. The number of nitriles is 1. The maximum absolute atomic E-state index is 9.49. The SMILES string of the molecule is COc1c(C)cc(C)cc1-c1nc2sc(C)nn2c1C#N. The first-order valence-electron chi connectivity index (χ1n) is 6.47. The van der Waals surface area contributed by atoms with E-state index in [1.165, 1.54) is 11.3 Å². The number of nitrogens with zero attached hydrogens (tertiary/aromatic N) is 4. The maximum Gasteiger partial charge on any atom is 0.213 e. The van der Waals surface area contributed by atoms with Gasteiger partial charge in [0.1, 0.15) is 22.5 Å². The van der Waals surface area contributed by atoms with Crippen LogP contribution in [0.5, 0.6) is 5.75 Å². The molecule has 21 heavy (non-hydrogen) atoms. The Balaban J connectivity index is 2.35. The van der Waals surface area contributed by atoms with Crippen LogP contribution >= 0.6 is 11.3 Å². The molecule has 1 aromatic carbocycles. The molecule has 0 saturated heterocycles. The predicted molar refractivity (Wildman–Crippen MR) is 81.8 cm³/mol. The number of hydrogen-bond acceptors (Lipinski definition) is 5. The van der Waals surface area contributed by atoms with Gasteiger partial charge in [0.25, 0.3) is 0 Å². The van der Waals surface area contributed by atoms with E-state index in [0.717, 1.165) is 32.4 Å². The van der Waals surface area contributed by atoms with Crippen LogP contribution < -0.4 is 4.74 Å². The molecule has 0 aliphatic carbocycles. The molecule has 6 heteroatoms. The van der Waals surface area contributed by atoms with Crippen molar-refractivity contribution in [2.45, 2.75) is 20.8 Å². The fourth-order valence-corrected chi connectivity index (χ4v) is 3.28. The van der Waals surface area contributed by atoms with E-state index in [9.17, 15) is 5.26 Å². The number of methoxy groups -OCH3 is 1. The molecule has 0 aliphatic rings. The summed E-state index contributed by atoms with van der Waals surface area (Å²) in [5.41, 5.74) is 4.03. The molecule has 3 aromatic rings. The van der Waals surface area contributed by atoms with E-state index < -0.39 is 0 Å². The highest BCUT2D eigenvalue weighted by atomic mass is 32.1. The van der Waals surface area contributed by atoms with Crippen LogP contribution in [0.3, 0.4) is 0 Å². The van der Waals surface area contributed by atoms with E-state index in [0.29, 0.717) is 11.4 Å². The standard InChI is InChI=1S/C15H14N4OS/c1-8-5-9(2)14(20-4)11(6-8)13-12(7-16)19-15(17-13)21-10(3)18-19/h5-6H,1-4H3. The largest absolute Gasteiger partial charge is 0.496 e. The summed E-state index contributed by atoms with van der Waals surface area (Å²) in [4.78, 5) is 5.30. The quantitative estimate of drug-likeness (QED) is 0.728. The van der Waals surface area contributed by atoms with E-state index in [1.54, 1.807) is 11.6 Å². The van der Waals surface area contributed by atoms with Gasteiger partial charge in [-0.1, -0.05) is 17.4 Å². The van der Waals surface area contributed by atoms with E-state index in [-0.39, 0.29) is 0 Å². The van der Waals surface area contributed by atoms with Crippen LogP contribution in [-0.4, -0.2) is 21.7 Å². The van der Waals surface area contributed by atoms with Gasteiger partial charge >= 0.3 is 0 Å². The Morgan fingerprint density at radius 3 is 2.71 bits per heavy atom. The van der Waals surface area contributed by atoms with Gasteiger partial charge in [0.05, 0.1) is 7.11 Å². The van der Waals surface area contributed by atoms with Crippen LogP contribution in [-0.2, 0) is 0 Å². The lowest BCUT2D eigenvalue weighted by Gasteiger charge is -2.11. The molecule has 0 bridgehead atoms. The van der Waals surface area contributed by atoms with Crippen molar-refractivity contribution < 1.29 is 4.74 Å². The molecular formula is C15H14N4OS. The number of aromatic nitrogens is 3. The highest BCUT2D eigenvalue weighted by Crippen LogP contribution is 2.36. The molecule has 5 nitrogen and oxygen atoms in total. The van der Waals surface area contributed by atoms with Gasteiger partial charge in [-0.05, 0) is 38.0 Å². The van der Waals surface area contributed by atoms with Crippen LogP contribution in [0.1, 0.15) is 21.8 Å². The molecule has 106 valence electrons. The van der Waals surface area contributed by atoms with E-state index in [2.05, 4.69) is 22.2 Å². The lowest BCUT2D eigenvalue weighted by atomic mass is 10.0. The first kappa shape index (κ1) is 13.6. The van der Waals surface area contributed by atoms with Crippen molar-refractivity contribution in [3.8, 4) is 23.1 Å². The summed E-state index contributed by atoms with van der Waals surface area (Å²) in [7, 11) is 1.63. The molecule has 0 amide bonds. The van der Waals surface area contributed by atoms with Crippen molar-refractivity contribution in [3.63, 3.8) is 0 Å². The van der Waals surface area contributed by atoms with Crippen LogP contribution in [0.25, 0.3) is 16.2 Å². The lowest BCUT2D eigenvalue weighted by Crippen LogP contribution is -1.96. The minimum atomic E-state index is 0.442. The normalized spacial score (nSPS) is 10.8. The topological polar surface area (TPSA) is 63.2 Å². The Morgan fingerprint density at radius 2 is 2.05 bits per heavy atom. The Morgan fingerprint density at radius 1 is 1.29 bits per heavy atom. The molecule has 0 spiro atoms. The van der Waals surface area contributed by atoms with Gasteiger partial charge in [-0.3, -0.25) is 0 Å². The summed E-state index contributed by atoms with van der Waals surface area (Å²) in [5.74, 6) is 0.750. The Kier molecular flexibility index (Phi) is 3.15. The third-order valence-corrected chi connectivity index (χ3v) is 4.11. The van der Waals surface area contributed by atoms with Crippen molar-refractivity contribution in [1.82, 2.24) is 14.6 Å². The van der Waals surface area contributed by atoms with Crippen molar-refractivity contribution in [1.29, 1.82) is 5.26 Å². The van der Waals surface area contributed by atoms with Crippen molar-refractivity contribution >= 4 is 16.3 Å². The number of benzene rings is 1. The summed E-state index contributed by atoms with van der Waals surface area (Å²) in [6, 6.07) is 6.25. The number of imidazole rings is 1. The zero-order valence-electron chi connectivity index (χ0n) is 12.3. The fourth-order valence-electron chi connectivity index (χ4n) is 2.53. The Labute approximate surface area is 126 Å². The number of ether oxygens (including phenoxy) is 1. The van der Waals surface area contributed by atoms with Gasteiger partial charge in [-0.15, -0.1) is 0 Å². The zero-order chi connectivity index (χ0) is 15.1. The fraction of sp³-hybridized carbons (Fsp3) is 0.267. The molecule has 0 fully saturated rings. The summed E-state index contributed by atoms with van der Waals surface area (Å²) in [6.07, 6.45) is 0. The van der Waals surface area contributed by atoms with Crippen molar-refractivity contribution in [2.24, 2.45) is 0 Å². The van der Waals surface area contributed by atoms with Gasteiger partial charge in [-0.25, -0.2) is 4.98 Å². The first-order chi connectivity index (χ1) is 10.0. The molecule has 0 N–H and O–H groups in total. The third kappa shape index (κ3) is 2.06. The Bertz CT molecular complexity index is 885. The smallest absolute Gasteiger partial charge is 0.213 e.